The average Bonchev–Trinajstić information content (AvgIpc) is 2.90. The van der Waals surface area contributed by atoms with Crippen molar-refractivity contribution in [3.05, 3.63) is 45.6 Å². The van der Waals surface area contributed by atoms with Crippen molar-refractivity contribution in [3.63, 3.8) is 0 Å². The SMILES string of the molecule is CC(C)c1cc(C(C)C)c(-c2ccsc2)c(C(C)C)c1. The Bertz CT molecular complexity index is 530. The van der Waals surface area contributed by atoms with E-state index in [2.05, 4.69) is 70.5 Å². The first-order chi connectivity index (χ1) is 9.41. The van der Waals surface area contributed by atoms with Crippen molar-refractivity contribution in [2.75, 3.05) is 0 Å². The summed E-state index contributed by atoms with van der Waals surface area (Å²) in [6.45, 7) is 13.8. The summed E-state index contributed by atoms with van der Waals surface area (Å²) >= 11 is 1.79. The minimum atomic E-state index is 0.557. The van der Waals surface area contributed by atoms with E-state index in [9.17, 15) is 0 Å². The number of thiophene rings is 1. The molecule has 0 bridgehead atoms. The zero-order chi connectivity index (χ0) is 14.9. The van der Waals surface area contributed by atoms with E-state index in [1.54, 1.807) is 11.3 Å². The fourth-order valence-corrected chi connectivity index (χ4v) is 3.34. The Morgan fingerprint density at radius 3 is 1.70 bits per heavy atom. The van der Waals surface area contributed by atoms with Gasteiger partial charge in [-0.3, -0.25) is 0 Å². The molecule has 1 heteroatoms. The summed E-state index contributed by atoms with van der Waals surface area (Å²) in [4.78, 5) is 0. The zero-order valence-electron chi connectivity index (χ0n) is 13.5. The molecule has 0 aliphatic carbocycles. The molecule has 108 valence electrons. The van der Waals surface area contributed by atoms with Gasteiger partial charge in [0.05, 0.1) is 0 Å². The van der Waals surface area contributed by atoms with Crippen LogP contribution >= 0.6 is 11.3 Å². The van der Waals surface area contributed by atoms with Gasteiger partial charge < -0.3 is 0 Å². The third-order valence-corrected chi connectivity index (χ3v) is 4.63. The van der Waals surface area contributed by atoms with E-state index in [-0.39, 0.29) is 0 Å². The zero-order valence-corrected chi connectivity index (χ0v) is 14.3. The molecule has 0 nitrogen and oxygen atoms in total. The Kier molecular flexibility index (Phi) is 4.70. The van der Waals surface area contributed by atoms with Crippen LogP contribution in [0.2, 0.25) is 0 Å². The van der Waals surface area contributed by atoms with Crippen LogP contribution in [0.3, 0.4) is 0 Å². The molecule has 0 unspecified atom stereocenters. The highest BCUT2D eigenvalue weighted by molar-refractivity contribution is 7.08. The van der Waals surface area contributed by atoms with Crippen molar-refractivity contribution in [3.8, 4) is 11.1 Å². The summed E-state index contributed by atoms with van der Waals surface area (Å²) < 4.78 is 0. The van der Waals surface area contributed by atoms with Crippen molar-refractivity contribution in [2.45, 2.75) is 59.3 Å². The molecule has 0 N–H and O–H groups in total. The largest absolute Gasteiger partial charge is 0.152 e. The second kappa shape index (κ2) is 6.13. The molecule has 0 aliphatic heterocycles. The lowest BCUT2D eigenvalue weighted by molar-refractivity contribution is 0.808. The molecule has 1 heterocycles. The quantitative estimate of drug-likeness (QED) is 0.580. The lowest BCUT2D eigenvalue weighted by Crippen LogP contribution is -2.03. The molecule has 0 saturated heterocycles. The molecule has 1 aromatic carbocycles. The van der Waals surface area contributed by atoms with Crippen LogP contribution in [0, 0.1) is 0 Å². The van der Waals surface area contributed by atoms with Crippen LogP contribution in [0.4, 0.5) is 0 Å². The second-order valence-electron chi connectivity index (χ2n) is 6.55. The lowest BCUT2D eigenvalue weighted by atomic mass is 9.82. The lowest BCUT2D eigenvalue weighted by Gasteiger charge is -2.22. The van der Waals surface area contributed by atoms with Crippen molar-refractivity contribution >= 4 is 11.3 Å². The van der Waals surface area contributed by atoms with Crippen LogP contribution in [-0.4, -0.2) is 0 Å². The Morgan fingerprint density at radius 1 is 0.800 bits per heavy atom. The Balaban J connectivity index is 2.75. The van der Waals surface area contributed by atoms with E-state index in [1.807, 2.05) is 0 Å². The molecule has 20 heavy (non-hydrogen) atoms. The van der Waals surface area contributed by atoms with Crippen molar-refractivity contribution in [1.82, 2.24) is 0 Å². The van der Waals surface area contributed by atoms with E-state index in [4.69, 9.17) is 0 Å². The van der Waals surface area contributed by atoms with Gasteiger partial charge in [0, 0.05) is 0 Å². The summed E-state index contributed by atoms with van der Waals surface area (Å²) in [7, 11) is 0. The molecule has 0 fully saturated rings. The number of hydrogen-bond acceptors (Lipinski definition) is 1. The maximum Gasteiger partial charge on any atom is -0.00145 e. The van der Waals surface area contributed by atoms with Gasteiger partial charge in [-0.2, -0.15) is 11.3 Å². The van der Waals surface area contributed by atoms with Crippen LogP contribution in [-0.2, 0) is 0 Å². The Morgan fingerprint density at radius 2 is 1.35 bits per heavy atom. The minimum absolute atomic E-state index is 0.557. The first-order valence-corrected chi connectivity index (χ1v) is 8.56. The highest BCUT2D eigenvalue weighted by Gasteiger charge is 2.18. The third-order valence-electron chi connectivity index (χ3n) is 3.94. The van der Waals surface area contributed by atoms with Gasteiger partial charge in [0.25, 0.3) is 0 Å². The molecular weight excluding hydrogens is 260 g/mol. The van der Waals surface area contributed by atoms with Crippen molar-refractivity contribution in [2.24, 2.45) is 0 Å². The fourth-order valence-electron chi connectivity index (χ4n) is 2.70. The van der Waals surface area contributed by atoms with Crippen LogP contribution in [0.5, 0.6) is 0 Å². The van der Waals surface area contributed by atoms with Gasteiger partial charge >= 0.3 is 0 Å². The van der Waals surface area contributed by atoms with Gasteiger partial charge in [0.1, 0.15) is 0 Å². The molecule has 0 amide bonds. The van der Waals surface area contributed by atoms with E-state index in [1.165, 1.54) is 27.8 Å². The van der Waals surface area contributed by atoms with Gasteiger partial charge in [-0.05, 0) is 62.4 Å². The predicted molar refractivity (Wildman–Crippen MR) is 92.0 cm³/mol. The highest BCUT2D eigenvalue weighted by atomic mass is 32.1. The minimum Gasteiger partial charge on any atom is -0.152 e. The number of hydrogen-bond donors (Lipinski definition) is 0. The van der Waals surface area contributed by atoms with Gasteiger partial charge in [-0.25, -0.2) is 0 Å². The van der Waals surface area contributed by atoms with E-state index >= 15 is 0 Å². The Labute approximate surface area is 127 Å². The highest BCUT2D eigenvalue weighted by Crippen LogP contribution is 2.39. The topological polar surface area (TPSA) is 0 Å². The molecular formula is C19H26S. The van der Waals surface area contributed by atoms with Crippen LogP contribution in [0.1, 0.15) is 76.0 Å². The standard InChI is InChI=1S/C19H26S/c1-12(2)16-9-17(13(3)4)19(15-7-8-20-11-15)18(10-16)14(5)6/h7-14H,1-6H3. The van der Waals surface area contributed by atoms with Crippen molar-refractivity contribution < 1.29 is 0 Å². The van der Waals surface area contributed by atoms with E-state index in [0.717, 1.165) is 0 Å². The van der Waals surface area contributed by atoms with Crippen LogP contribution in [0.25, 0.3) is 11.1 Å². The summed E-state index contributed by atoms with van der Waals surface area (Å²) in [6, 6.07) is 7.11. The summed E-state index contributed by atoms with van der Waals surface area (Å²) in [5, 5.41) is 4.46. The van der Waals surface area contributed by atoms with Crippen LogP contribution < -0.4 is 0 Å². The summed E-state index contributed by atoms with van der Waals surface area (Å²) in [5.74, 6) is 1.70. The first-order valence-electron chi connectivity index (χ1n) is 7.62. The molecule has 1 aromatic heterocycles. The normalized spacial score (nSPS) is 11.8. The van der Waals surface area contributed by atoms with Crippen molar-refractivity contribution in [1.29, 1.82) is 0 Å². The number of rotatable bonds is 4. The molecule has 2 rings (SSSR count). The van der Waals surface area contributed by atoms with Crippen LogP contribution in [0.15, 0.2) is 29.0 Å². The first kappa shape index (κ1) is 15.3. The smallest absolute Gasteiger partial charge is 0.00145 e. The van der Waals surface area contributed by atoms with Gasteiger partial charge in [0.2, 0.25) is 0 Å². The molecule has 0 atom stereocenters. The fraction of sp³-hybridized carbons (Fsp3) is 0.474. The van der Waals surface area contributed by atoms with Gasteiger partial charge in [0.15, 0.2) is 0 Å². The maximum absolute atomic E-state index is 2.42. The molecule has 0 aliphatic rings. The molecule has 2 aromatic rings. The molecule has 0 radical (unpaired) electrons. The van der Waals surface area contributed by atoms with Gasteiger partial charge in [-0.15, -0.1) is 0 Å². The number of benzene rings is 1. The Hall–Kier alpha value is -1.08. The van der Waals surface area contributed by atoms with E-state index in [0.29, 0.717) is 17.8 Å². The second-order valence-corrected chi connectivity index (χ2v) is 7.33. The summed E-state index contributed by atoms with van der Waals surface area (Å²) in [5.41, 5.74) is 7.33. The monoisotopic (exact) mass is 286 g/mol. The van der Waals surface area contributed by atoms with E-state index < -0.39 is 0 Å². The summed E-state index contributed by atoms with van der Waals surface area (Å²) in [6.07, 6.45) is 0. The average molecular weight is 286 g/mol. The molecule has 0 spiro atoms. The maximum atomic E-state index is 2.42. The molecule has 0 saturated carbocycles. The van der Waals surface area contributed by atoms with Gasteiger partial charge in [-0.1, -0.05) is 53.7 Å². The predicted octanol–water partition coefficient (Wildman–Crippen LogP) is 6.79. The third kappa shape index (κ3) is 2.98.